The Morgan fingerprint density at radius 3 is 2.51 bits per heavy atom. The number of hydrogen-bond acceptors (Lipinski definition) is 5. The molecular formula is C24H31ClF2N4O4. The molecule has 2 heterocycles. The van der Waals surface area contributed by atoms with Crippen molar-refractivity contribution in [3.8, 4) is 5.75 Å². The van der Waals surface area contributed by atoms with Crippen LogP contribution in [0.4, 0.5) is 14.5 Å². The van der Waals surface area contributed by atoms with Crippen molar-refractivity contribution in [2.24, 2.45) is 5.92 Å². The standard InChI is InChI=1S/C24H31ClF2N4O4/c1-4-16(21(32)33)14-30-11-8-24(9-12-30,31-19(15(2)3)7-10-28-31)22(34)29-18-6-5-17(25)13-20(18)35-23(26)27/h5-7,10,13,15-16,23H,4,8-9,11-12,14H2,1-3H3,(H,29,34)(H,32,33)/t16-/m1/s1. The van der Waals surface area contributed by atoms with Crippen molar-refractivity contribution in [3.63, 3.8) is 0 Å². The molecular weight excluding hydrogens is 482 g/mol. The van der Waals surface area contributed by atoms with E-state index in [4.69, 9.17) is 11.6 Å². The lowest BCUT2D eigenvalue weighted by atomic mass is 9.85. The van der Waals surface area contributed by atoms with Gasteiger partial charge in [-0.15, -0.1) is 0 Å². The van der Waals surface area contributed by atoms with Gasteiger partial charge in [0.05, 0.1) is 11.6 Å². The summed E-state index contributed by atoms with van der Waals surface area (Å²) in [7, 11) is 0. The molecule has 0 bridgehead atoms. The van der Waals surface area contributed by atoms with Gasteiger partial charge in [-0.3, -0.25) is 14.3 Å². The number of anilines is 1. The molecule has 1 aliphatic heterocycles. The van der Waals surface area contributed by atoms with E-state index in [2.05, 4.69) is 15.2 Å². The summed E-state index contributed by atoms with van der Waals surface area (Å²) in [6, 6.07) is 5.99. The van der Waals surface area contributed by atoms with Crippen LogP contribution in [0, 0.1) is 5.92 Å². The number of carbonyl (C=O) groups excluding carboxylic acids is 1. The van der Waals surface area contributed by atoms with Crippen LogP contribution in [0.1, 0.15) is 51.6 Å². The number of likely N-dealkylation sites (tertiary alicyclic amines) is 1. The summed E-state index contributed by atoms with van der Waals surface area (Å²) >= 11 is 5.94. The van der Waals surface area contributed by atoms with Gasteiger partial charge < -0.3 is 20.1 Å². The summed E-state index contributed by atoms with van der Waals surface area (Å²) in [6.07, 6.45) is 2.89. The Balaban J connectivity index is 1.92. The lowest BCUT2D eigenvalue weighted by molar-refractivity contribution is -0.143. The first kappa shape index (κ1) is 26.9. The lowest BCUT2D eigenvalue weighted by Gasteiger charge is -2.42. The first-order chi connectivity index (χ1) is 16.6. The maximum atomic E-state index is 13.8. The number of carbonyl (C=O) groups is 2. The molecule has 11 heteroatoms. The Morgan fingerprint density at radius 2 is 1.94 bits per heavy atom. The summed E-state index contributed by atoms with van der Waals surface area (Å²) in [5, 5.41) is 16.9. The number of aliphatic carboxylic acids is 1. The van der Waals surface area contributed by atoms with E-state index < -0.39 is 29.9 Å². The Labute approximate surface area is 208 Å². The van der Waals surface area contributed by atoms with Gasteiger partial charge in [-0.1, -0.05) is 32.4 Å². The van der Waals surface area contributed by atoms with Crippen molar-refractivity contribution < 1.29 is 28.2 Å². The fourth-order valence-corrected chi connectivity index (χ4v) is 4.64. The second-order valence-electron chi connectivity index (χ2n) is 9.07. The molecule has 1 amide bonds. The third-order valence-electron chi connectivity index (χ3n) is 6.50. The Hall–Kier alpha value is -2.72. The molecule has 3 rings (SSSR count). The summed E-state index contributed by atoms with van der Waals surface area (Å²) in [4.78, 5) is 27.4. The van der Waals surface area contributed by atoms with Gasteiger partial charge in [0.1, 0.15) is 5.54 Å². The van der Waals surface area contributed by atoms with Crippen LogP contribution in [0.25, 0.3) is 0 Å². The van der Waals surface area contributed by atoms with E-state index in [1.165, 1.54) is 18.2 Å². The Morgan fingerprint density at radius 1 is 1.26 bits per heavy atom. The maximum Gasteiger partial charge on any atom is 0.387 e. The molecule has 35 heavy (non-hydrogen) atoms. The second-order valence-corrected chi connectivity index (χ2v) is 9.51. The van der Waals surface area contributed by atoms with Gasteiger partial charge in [-0.05, 0) is 43.4 Å². The monoisotopic (exact) mass is 512 g/mol. The van der Waals surface area contributed by atoms with Crippen molar-refractivity contribution in [2.45, 2.75) is 58.1 Å². The van der Waals surface area contributed by atoms with Gasteiger partial charge in [-0.2, -0.15) is 13.9 Å². The average Bonchev–Trinajstić information content (AvgIpc) is 3.30. The van der Waals surface area contributed by atoms with Crippen molar-refractivity contribution in [1.29, 1.82) is 0 Å². The molecule has 0 aliphatic carbocycles. The number of halogens is 3. The normalized spacial score (nSPS) is 16.9. The smallest absolute Gasteiger partial charge is 0.387 e. The topological polar surface area (TPSA) is 96.7 Å². The number of carboxylic acid groups (broad SMARTS) is 1. The van der Waals surface area contributed by atoms with Gasteiger partial charge in [0.25, 0.3) is 5.91 Å². The van der Waals surface area contributed by atoms with Crippen LogP contribution in [-0.4, -0.2) is 57.9 Å². The fourth-order valence-electron chi connectivity index (χ4n) is 4.47. The number of alkyl halides is 2. The molecule has 0 radical (unpaired) electrons. The molecule has 0 saturated carbocycles. The first-order valence-corrected chi connectivity index (χ1v) is 12.0. The molecule has 2 aromatic rings. The van der Waals surface area contributed by atoms with Crippen molar-refractivity contribution in [2.75, 3.05) is 25.0 Å². The SMILES string of the molecule is CC[C@H](CN1CCC(C(=O)Nc2ccc(Cl)cc2OC(F)F)(n2nccc2C(C)C)CC1)C(=O)O. The molecule has 0 unspecified atom stereocenters. The van der Waals surface area contributed by atoms with Crippen molar-refractivity contribution in [3.05, 3.63) is 41.2 Å². The predicted octanol–water partition coefficient (Wildman–Crippen LogP) is 4.80. The number of aromatic nitrogens is 2. The molecule has 1 aromatic carbocycles. The lowest BCUT2D eigenvalue weighted by Crippen LogP contribution is -2.55. The van der Waals surface area contributed by atoms with Crippen LogP contribution in [0.3, 0.4) is 0 Å². The minimum Gasteiger partial charge on any atom is -0.481 e. The van der Waals surface area contributed by atoms with Crippen LogP contribution < -0.4 is 10.1 Å². The minimum absolute atomic E-state index is 0.0803. The largest absolute Gasteiger partial charge is 0.481 e. The van der Waals surface area contributed by atoms with E-state index in [9.17, 15) is 23.5 Å². The van der Waals surface area contributed by atoms with E-state index >= 15 is 0 Å². The number of carboxylic acids is 1. The van der Waals surface area contributed by atoms with E-state index in [0.29, 0.717) is 38.9 Å². The van der Waals surface area contributed by atoms with E-state index in [-0.39, 0.29) is 22.4 Å². The zero-order chi connectivity index (χ0) is 25.8. The highest BCUT2D eigenvalue weighted by molar-refractivity contribution is 6.30. The molecule has 8 nitrogen and oxygen atoms in total. The quantitative estimate of drug-likeness (QED) is 0.474. The van der Waals surface area contributed by atoms with E-state index in [0.717, 1.165) is 5.69 Å². The number of nitrogens with zero attached hydrogens (tertiary/aromatic N) is 3. The first-order valence-electron chi connectivity index (χ1n) is 11.6. The number of amides is 1. The van der Waals surface area contributed by atoms with Crippen LogP contribution >= 0.6 is 11.6 Å². The van der Waals surface area contributed by atoms with Crippen LogP contribution in [0.2, 0.25) is 5.02 Å². The molecule has 1 atom stereocenters. The minimum atomic E-state index is -3.08. The number of hydrogen-bond donors (Lipinski definition) is 2. The molecule has 192 valence electrons. The third kappa shape index (κ3) is 6.10. The van der Waals surface area contributed by atoms with Crippen LogP contribution in [0.15, 0.2) is 30.5 Å². The zero-order valence-electron chi connectivity index (χ0n) is 20.0. The number of ether oxygens (including phenoxy) is 1. The molecule has 1 aromatic heterocycles. The Bertz CT molecular complexity index is 1040. The van der Waals surface area contributed by atoms with Gasteiger partial charge in [0.15, 0.2) is 5.75 Å². The van der Waals surface area contributed by atoms with Gasteiger partial charge in [0, 0.05) is 42.6 Å². The van der Waals surface area contributed by atoms with E-state index in [1.54, 1.807) is 10.9 Å². The molecule has 2 N–H and O–H groups in total. The molecule has 1 saturated heterocycles. The van der Waals surface area contributed by atoms with Crippen LogP contribution in [-0.2, 0) is 15.1 Å². The van der Waals surface area contributed by atoms with Gasteiger partial charge in [0.2, 0.25) is 0 Å². The van der Waals surface area contributed by atoms with Gasteiger partial charge >= 0.3 is 12.6 Å². The summed E-state index contributed by atoms with van der Waals surface area (Å²) in [5.74, 6) is -1.88. The average molecular weight is 513 g/mol. The number of benzene rings is 1. The zero-order valence-corrected chi connectivity index (χ0v) is 20.8. The van der Waals surface area contributed by atoms with Gasteiger partial charge in [-0.25, -0.2) is 0 Å². The van der Waals surface area contributed by atoms with Crippen LogP contribution in [0.5, 0.6) is 5.75 Å². The third-order valence-corrected chi connectivity index (χ3v) is 6.74. The molecule has 1 fully saturated rings. The second kappa shape index (κ2) is 11.3. The van der Waals surface area contributed by atoms with Crippen molar-refractivity contribution in [1.82, 2.24) is 14.7 Å². The highest BCUT2D eigenvalue weighted by Crippen LogP contribution is 2.37. The predicted molar refractivity (Wildman–Crippen MR) is 128 cm³/mol. The maximum absolute atomic E-state index is 13.8. The summed E-state index contributed by atoms with van der Waals surface area (Å²) in [6.45, 7) is 4.11. The highest BCUT2D eigenvalue weighted by atomic mass is 35.5. The van der Waals surface area contributed by atoms with Crippen molar-refractivity contribution >= 4 is 29.2 Å². The highest BCUT2D eigenvalue weighted by Gasteiger charge is 2.45. The van der Waals surface area contributed by atoms with E-state index in [1.807, 2.05) is 31.7 Å². The fraction of sp³-hybridized carbons (Fsp3) is 0.542. The number of rotatable bonds is 10. The molecule has 1 aliphatic rings. The Kier molecular flexibility index (Phi) is 8.71. The summed E-state index contributed by atoms with van der Waals surface area (Å²) < 4.78 is 32.2. The number of piperidine rings is 1. The summed E-state index contributed by atoms with van der Waals surface area (Å²) in [5.41, 5.74) is -0.144. The molecule has 0 spiro atoms. The number of nitrogens with one attached hydrogen (secondary N) is 1.